The largest absolute Gasteiger partial charge is 0.379 e. The molecule has 1 aliphatic heterocycles. The summed E-state index contributed by atoms with van der Waals surface area (Å²) in [5.74, 6) is 2.14. The zero-order chi connectivity index (χ0) is 15.2. The van der Waals surface area contributed by atoms with E-state index in [2.05, 4.69) is 27.3 Å². The summed E-state index contributed by atoms with van der Waals surface area (Å²) in [6.07, 6.45) is 6.36. The SMILES string of the molecule is CC(CN1CCOCC1)NCc1nc(C2CCCCC2)no1. The Morgan fingerprint density at radius 3 is 2.77 bits per heavy atom. The lowest BCUT2D eigenvalue weighted by molar-refractivity contribution is 0.0342. The third kappa shape index (κ3) is 4.51. The normalized spacial score (nSPS) is 22.8. The van der Waals surface area contributed by atoms with Gasteiger partial charge >= 0.3 is 0 Å². The molecule has 2 heterocycles. The number of aromatic nitrogens is 2. The molecule has 0 spiro atoms. The predicted octanol–water partition coefficient (Wildman–Crippen LogP) is 1.93. The van der Waals surface area contributed by atoms with Gasteiger partial charge in [0.2, 0.25) is 5.89 Å². The van der Waals surface area contributed by atoms with E-state index in [9.17, 15) is 0 Å². The predicted molar refractivity (Wildman–Crippen MR) is 83.7 cm³/mol. The van der Waals surface area contributed by atoms with Crippen molar-refractivity contribution in [2.75, 3.05) is 32.8 Å². The van der Waals surface area contributed by atoms with Crippen LogP contribution in [0.25, 0.3) is 0 Å². The maximum absolute atomic E-state index is 5.40. The lowest BCUT2D eigenvalue weighted by atomic mass is 9.89. The third-order valence-electron chi connectivity index (χ3n) is 4.69. The van der Waals surface area contributed by atoms with Crippen LogP contribution in [-0.4, -0.2) is 53.9 Å². The molecule has 22 heavy (non-hydrogen) atoms. The maximum Gasteiger partial charge on any atom is 0.240 e. The van der Waals surface area contributed by atoms with Crippen LogP contribution in [0.4, 0.5) is 0 Å². The minimum Gasteiger partial charge on any atom is -0.379 e. The Morgan fingerprint density at radius 1 is 1.23 bits per heavy atom. The van der Waals surface area contributed by atoms with Gasteiger partial charge in [0.15, 0.2) is 5.82 Å². The van der Waals surface area contributed by atoms with Crippen molar-refractivity contribution in [2.45, 2.75) is 57.5 Å². The quantitative estimate of drug-likeness (QED) is 0.866. The van der Waals surface area contributed by atoms with Gasteiger partial charge in [-0.2, -0.15) is 4.98 Å². The topological polar surface area (TPSA) is 63.4 Å². The van der Waals surface area contributed by atoms with Crippen LogP contribution in [0.3, 0.4) is 0 Å². The molecule has 1 saturated heterocycles. The molecule has 124 valence electrons. The zero-order valence-electron chi connectivity index (χ0n) is 13.6. The minimum atomic E-state index is 0.406. The van der Waals surface area contributed by atoms with E-state index in [4.69, 9.17) is 9.26 Å². The van der Waals surface area contributed by atoms with Gasteiger partial charge in [-0.1, -0.05) is 24.4 Å². The summed E-state index contributed by atoms with van der Waals surface area (Å²) in [6, 6.07) is 0.406. The van der Waals surface area contributed by atoms with Crippen LogP contribution in [0.1, 0.15) is 56.7 Å². The molecule has 1 saturated carbocycles. The summed E-state index contributed by atoms with van der Waals surface area (Å²) in [5, 5.41) is 7.66. The van der Waals surface area contributed by atoms with Crippen molar-refractivity contribution in [3.8, 4) is 0 Å². The molecule has 1 aliphatic carbocycles. The number of nitrogens with zero attached hydrogens (tertiary/aromatic N) is 3. The minimum absolute atomic E-state index is 0.406. The second-order valence-corrected chi connectivity index (χ2v) is 6.58. The fraction of sp³-hybridized carbons (Fsp3) is 0.875. The molecular weight excluding hydrogens is 280 g/mol. The van der Waals surface area contributed by atoms with Gasteiger partial charge in [0.05, 0.1) is 19.8 Å². The lowest BCUT2D eigenvalue weighted by Crippen LogP contribution is -2.44. The van der Waals surface area contributed by atoms with E-state index in [1.54, 1.807) is 0 Å². The molecule has 1 aromatic heterocycles. The second-order valence-electron chi connectivity index (χ2n) is 6.58. The van der Waals surface area contributed by atoms with E-state index < -0.39 is 0 Å². The smallest absolute Gasteiger partial charge is 0.240 e. The van der Waals surface area contributed by atoms with Crippen LogP contribution in [-0.2, 0) is 11.3 Å². The van der Waals surface area contributed by atoms with Crippen molar-refractivity contribution in [1.29, 1.82) is 0 Å². The van der Waals surface area contributed by atoms with Gasteiger partial charge in [0.25, 0.3) is 0 Å². The van der Waals surface area contributed by atoms with E-state index in [1.807, 2.05) is 0 Å². The molecule has 1 N–H and O–H groups in total. The van der Waals surface area contributed by atoms with Gasteiger partial charge in [-0.05, 0) is 19.8 Å². The van der Waals surface area contributed by atoms with Crippen molar-refractivity contribution in [3.05, 3.63) is 11.7 Å². The Balaban J connectivity index is 1.41. The van der Waals surface area contributed by atoms with E-state index in [0.29, 0.717) is 18.5 Å². The lowest BCUT2D eigenvalue weighted by Gasteiger charge is -2.29. The third-order valence-corrected chi connectivity index (χ3v) is 4.69. The average molecular weight is 308 g/mol. The summed E-state index contributed by atoms with van der Waals surface area (Å²) >= 11 is 0. The Bertz CT molecular complexity index is 439. The fourth-order valence-electron chi connectivity index (χ4n) is 3.36. The summed E-state index contributed by atoms with van der Waals surface area (Å²) in [4.78, 5) is 7.01. The molecule has 6 nitrogen and oxygen atoms in total. The molecular formula is C16H28N4O2. The van der Waals surface area contributed by atoms with Crippen molar-refractivity contribution in [2.24, 2.45) is 0 Å². The van der Waals surface area contributed by atoms with Gasteiger partial charge in [-0.15, -0.1) is 0 Å². The first-order valence-corrected chi connectivity index (χ1v) is 8.67. The molecule has 3 rings (SSSR count). The zero-order valence-corrected chi connectivity index (χ0v) is 13.6. The number of morpholine rings is 1. The molecule has 0 bridgehead atoms. The molecule has 2 aliphatic rings. The Labute approximate surface area is 132 Å². The van der Waals surface area contributed by atoms with Crippen LogP contribution >= 0.6 is 0 Å². The number of rotatable bonds is 6. The number of ether oxygens (including phenoxy) is 1. The maximum atomic E-state index is 5.40. The first-order valence-electron chi connectivity index (χ1n) is 8.67. The highest BCUT2D eigenvalue weighted by Gasteiger charge is 2.21. The number of nitrogens with one attached hydrogen (secondary N) is 1. The van der Waals surface area contributed by atoms with Crippen molar-refractivity contribution in [3.63, 3.8) is 0 Å². The van der Waals surface area contributed by atoms with Crippen LogP contribution in [0.5, 0.6) is 0 Å². The summed E-state index contributed by atoms with van der Waals surface area (Å²) in [5.41, 5.74) is 0. The average Bonchev–Trinajstić information content (AvgIpc) is 3.04. The summed E-state index contributed by atoms with van der Waals surface area (Å²) in [6.45, 7) is 7.64. The molecule has 2 fully saturated rings. The highest BCUT2D eigenvalue weighted by molar-refractivity contribution is 4.96. The number of hydrogen-bond donors (Lipinski definition) is 1. The standard InChI is InChI=1S/C16H28N4O2/c1-13(12-20-7-9-21-10-8-20)17-11-15-18-16(19-22-15)14-5-3-2-4-6-14/h13-14,17H,2-12H2,1H3. The van der Waals surface area contributed by atoms with Crippen molar-refractivity contribution in [1.82, 2.24) is 20.4 Å². The molecule has 1 atom stereocenters. The Hall–Kier alpha value is -0.980. The molecule has 1 aromatic rings. The molecule has 0 radical (unpaired) electrons. The summed E-state index contributed by atoms with van der Waals surface area (Å²) in [7, 11) is 0. The number of hydrogen-bond acceptors (Lipinski definition) is 6. The molecule has 0 aromatic carbocycles. The highest BCUT2D eigenvalue weighted by Crippen LogP contribution is 2.30. The van der Waals surface area contributed by atoms with Gasteiger partial charge in [-0.3, -0.25) is 4.90 Å². The van der Waals surface area contributed by atoms with Gasteiger partial charge in [-0.25, -0.2) is 0 Å². The summed E-state index contributed by atoms with van der Waals surface area (Å²) < 4.78 is 10.8. The second kappa shape index (κ2) is 8.04. The molecule has 1 unspecified atom stereocenters. The van der Waals surface area contributed by atoms with Crippen molar-refractivity contribution >= 4 is 0 Å². The highest BCUT2D eigenvalue weighted by atomic mass is 16.5. The first-order chi connectivity index (χ1) is 10.8. The Kier molecular flexibility index (Phi) is 5.81. The van der Waals surface area contributed by atoms with Crippen molar-refractivity contribution < 1.29 is 9.26 Å². The first kappa shape index (κ1) is 15.9. The van der Waals surface area contributed by atoms with Crippen LogP contribution in [0.2, 0.25) is 0 Å². The monoisotopic (exact) mass is 308 g/mol. The van der Waals surface area contributed by atoms with Crippen LogP contribution in [0, 0.1) is 0 Å². The van der Waals surface area contributed by atoms with Crippen LogP contribution < -0.4 is 5.32 Å². The molecule has 0 amide bonds. The van der Waals surface area contributed by atoms with E-state index in [-0.39, 0.29) is 0 Å². The molecule has 6 heteroatoms. The van der Waals surface area contributed by atoms with Gasteiger partial charge < -0.3 is 14.6 Å². The van der Waals surface area contributed by atoms with E-state index in [1.165, 1.54) is 32.1 Å². The van der Waals surface area contributed by atoms with Crippen LogP contribution in [0.15, 0.2) is 4.52 Å². The van der Waals surface area contributed by atoms with E-state index >= 15 is 0 Å². The van der Waals surface area contributed by atoms with Gasteiger partial charge in [0, 0.05) is 31.6 Å². The van der Waals surface area contributed by atoms with Gasteiger partial charge in [0.1, 0.15) is 0 Å². The van der Waals surface area contributed by atoms with E-state index in [0.717, 1.165) is 44.6 Å². The fourth-order valence-corrected chi connectivity index (χ4v) is 3.36. The Morgan fingerprint density at radius 2 is 2.00 bits per heavy atom.